The predicted molar refractivity (Wildman–Crippen MR) is 475 cm³/mol. The second-order valence-corrected chi connectivity index (χ2v) is 37.2. The molecule has 4 saturated heterocycles. The van der Waals surface area contributed by atoms with Gasteiger partial charge in [0.25, 0.3) is 0 Å². The highest BCUT2D eigenvalue weighted by Crippen LogP contribution is 2.62. The van der Waals surface area contributed by atoms with Gasteiger partial charge in [-0.25, -0.2) is 9.59 Å². The molecule has 12 bridgehead atoms. The molecule has 20 nitrogen and oxygen atoms in total. The van der Waals surface area contributed by atoms with Crippen molar-refractivity contribution in [3.8, 4) is 17.2 Å². The molecule has 4 heterocycles. The summed E-state index contributed by atoms with van der Waals surface area (Å²) in [6.07, 6.45) is 18.7. The van der Waals surface area contributed by atoms with E-state index >= 15 is 0 Å². The first-order chi connectivity index (χ1) is 50.5. The van der Waals surface area contributed by atoms with Crippen molar-refractivity contribution >= 4 is 53.9 Å². The number of fused-ring (bicyclic) bond motifs is 2. The Morgan fingerprint density at radius 1 is 0.432 bits per heavy atom. The molecule has 13 aliphatic rings. The molecule has 2 aromatic rings. The SMILES string of the molecule is C.C.C.C.C.C.C.C.C.C.CCC(C)(C)C(=O)OC(C)c1ccc(OC(=O)OC2C3CC4CC(C3)C(=O)OC2C4)cc1.CCC(C)(C)C(=O)OC1(C(C)C)C2CC3CC(C2)CC1C3.CCC(C)(C)C(=O)OC1(C(C)C)CCCC1.CCC(C)(C)C(=O)OCC(=O)OC1C2CC3CC(C2)C(=O)OC1C3.CCC(C)(C)C(=O)Oc1ccc(O)cc1. The van der Waals surface area contributed by atoms with Crippen LogP contribution in [-0.2, 0) is 76.3 Å². The van der Waals surface area contributed by atoms with Crippen molar-refractivity contribution < 1.29 is 95.6 Å². The Bertz CT molecular complexity index is 3400. The minimum Gasteiger partial charge on any atom is -0.508 e. The maximum atomic E-state index is 12.8. The molecule has 118 heavy (non-hydrogen) atoms. The van der Waals surface area contributed by atoms with Crippen LogP contribution in [0, 0.1) is 98.1 Å². The van der Waals surface area contributed by atoms with Crippen LogP contribution in [0.25, 0.3) is 0 Å². The Balaban J connectivity index is -0.00000141. The maximum Gasteiger partial charge on any atom is 0.514 e. The maximum absolute atomic E-state index is 12.8. The van der Waals surface area contributed by atoms with E-state index in [0.29, 0.717) is 66.3 Å². The summed E-state index contributed by atoms with van der Waals surface area (Å²) < 4.78 is 55.8. The zero-order valence-corrected chi connectivity index (χ0v) is 68.9. The van der Waals surface area contributed by atoms with Crippen LogP contribution in [-0.4, -0.2) is 101 Å². The Kier molecular flexibility index (Phi) is 46.6. The van der Waals surface area contributed by atoms with Crippen LogP contribution >= 0.6 is 0 Å². The fourth-order valence-electron chi connectivity index (χ4n) is 17.8. The summed E-state index contributed by atoms with van der Waals surface area (Å²) in [6, 6.07) is 12.9. The summed E-state index contributed by atoms with van der Waals surface area (Å²) in [5.41, 5.74) is -1.86. The molecular weight excluding hydrogens is 1500 g/mol. The van der Waals surface area contributed by atoms with Gasteiger partial charge in [-0.3, -0.25) is 33.6 Å². The van der Waals surface area contributed by atoms with Crippen LogP contribution in [0.1, 0.15) is 366 Å². The first kappa shape index (κ1) is 115. The topological polar surface area (TPSA) is 266 Å². The fourth-order valence-corrected chi connectivity index (χ4v) is 17.8. The molecule has 20 heteroatoms. The van der Waals surface area contributed by atoms with Gasteiger partial charge >= 0.3 is 53.9 Å². The third kappa shape index (κ3) is 27.9. The molecule has 684 valence electrons. The van der Waals surface area contributed by atoms with E-state index in [1.54, 1.807) is 50.2 Å². The number of phenols is 1. The normalized spacial score (nSPS) is 26.6. The number of rotatable bonds is 22. The molecule has 0 aromatic heterocycles. The van der Waals surface area contributed by atoms with Gasteiger partial charge in [0, 0.05) is 11.8 Å². The molecule has 0 radical (unpaired) electrons. The zero-order valence-electron chi connectivity index (χ0n) is 68.9. The van der Waals surface area contributed by atoms with E-state index in [4.69, 9.17) is 52.5 Å². The largest absolute Gasteiger partial charge is 0.514 e. The van der Waals surface area contributed by atoms with E-state index in [1.165, 1.54) is 57.1 Å². The Hall–Kier alpha value is -6.73. The molecular formula is C98H172O20. The fraction of sp³-hybridized carbons (Fsp3) is 0.786. The lowest BCUT2D eigenvalue weighted by molar-refractivity contribution is -0.231. The van der Waals surface area contributed by atoms with Crippen LogP contribution in [0.5, 0.6) is 17.2 Å². The number of phenolic OH excluding ortho intramolecular Hbond substituents is 1. The smallest absolute Gasteiger partial charge is 0.508 e. The van der Waals surface area contributed by atoms with Gasteiger partial charge in [0.15, 0.2) is 6.61 Å². The van der Waals surface area contributed by atoms with Gasteiger partial charge in [0.2, 0.25) is 0 Å². The summed E-state index contributed by atoms with van der Waals surface area (Å²) in [5, 5.41) is 9.06. The lowest BCUT2D eigenvalue weighted by atomic mass is 9.47. The molecule has 13 fully saturated rings. The second-order valence-electron chi connectivity index (χ2n) is 37.2. The predicted octanol–water partition coefficient (Wildman–Crippen LogP) is 25.1. The zero-order chi connectivity index (χ0) is 79.8. The molecule has 9 aliphatic carbocycles. The van der Waals surface area contributed by atoms with Crippen molar-refractivity contribution in [1.29, 1.82) is 0 Å². The Morgan fingerprint density at radius 2 is 0.805 bits per heavy atom. The standard InChI is InChI=1S/C25H32O7.C19H32O2.C18H26O6.C14H26O2.C12H16O3.10CH4/c1-5-25(3,4)23(27)29-14(2)16-6-8-19(9-7-16)30-24(28)32-21-17-10-15-11-18(13-17)22(26)31-20(21)12-15;1-6-18(4,5)17(20)21-19(12(2)3)15-8-13-7-14(10-15)11-16(19)9-13;1-4-18(2,3)17(21)22-9-14(19)24-15-11-5-10-6-12(8-11)16(20)23-13(15)7-10;1-6-13(4,5)12(15)16-14(11(2)3)9-7-8-10-14;1-4-12(2,3)11(14)15-10-7-5-9(13)6-8-10;;;;;;;;;;/h6-9,14-15,17-18,20-21H,5,10-13H2,1-4H3;12-16H,6-11H2,1-5H3;10-13,15H,4-9H2,1-3H3;11H,6-10H2,1-5H3;5-8,13H,4H2,1-3H3;10*1H4. The van der Waals surface area contributed by atoms with Crippen molar-refractivity contribution in [2.45, 2.75) is 396 Å². The average molecular weight is 1670 g/mol. The lowest BCUT2D eigenvalue weighted by Gasteiger charge is -2.62. The molecule has 4 aliphatic heterocycles. The van der Waals surface area contributed by atoms with E-state index in [0.717, 1.165) is 94.4 Å². The molecule has 11 atom stereocenters. The molecule has 1 N–H and O–H groups in total. The number of carbonyl (C=O) groups is 9. The van der Waals surface area contributed by atoms with Gasteiger partial charge in [0.1, 0.15) is 59.0 Å². The van der Waals surface area contributed by atoms with Crippen LogP contribution in [0.2, 0.25) is 0 Å². The average Bonchev–Trinajstić information content (AvgIpc) is 0.934. The molecule has 0 spiro atoms. The van der Waals surface area contributed by atoms with E-state index in [1.807, 2.05) is 90.0 Å². The van der Waals surface area contributed by atoms with Gasteiger partial charge in [-0.2, -0.15) is 0 Å². The van der Waals surface area contributed by atoms with Crippen molar-refractivity contribution in [2.75, 3.05) is 6.61 Å². The van der Waals surface area contributed by atoms with Crippen molar-refractivity contribution in [1.82, 2.24) is 0 Å². The van der Waals surface area contributed by atoms with Gasteiger partial charge in [0.05, 0.1) is 38.9 Å². The summed E-state index contributed by atoms with van der Waals surface area (Å²) in [7, 11) is 0. The second kappa shape index (κ2) is 47.6. The van der Waals surface area contributed by atoms with Crippen molar-refractivity contribution in [3.05, 3.63) is 54.1 Å². The minimum atomic E-state index is -0.796. The summed E-state index contributed by atoms with van der Waals surface area (Å²) >= 11 is 0. The monoisotopic (exact) mass is 1670 g/mol. The minimum absolute atomic E-state index is 0. The molecule has 0 amide bonds. The van der Waals surface area contributed by atoms with Gasteiger partial charge in [-0.05, 0) is 307 Å². The number of ether oxygens (including phenoxy) is 10. The Morgan fingerprint density at radius 3 is 1.22 bits per heavy atom. The van der Waals surface area contributed by atoms with Gasteiger partial charge in [-0.1, -0.05) is 149 Å². The number of hydrogen-bond acceptors (Lipinski definition) is 20. The van der Waals surface area contributed by atoms with Crippen LogP contribution in [0.15, 0.2) is 48.5 Å². The first-order valence-corrected chi connectivity index (χ1v) is 41.0. The van der Waals surface area contributed by atoms with Crippen LogP contribution < -0.4 is 9.47 Å². The lowest BCUT2D eigenvalue weighted by Crippen LogP contribution is -2.63. The number of esters is 8. The van der Waals surface area contributed by atoms with E-state index < -0.39 is 52.7 Å². The number of carbonyl (C=O) groups excluding carboxylic acids is 9. The number of hydrogen-bond donors (Lipinski definition) is 1. The quantitative estimate of drug-likeness (QED) is 0.0497. The van der Waals surface area contributed by atoms with Gasteiger partial charge < -0.3 is 52.5 Å². The summed E-state index contributed by atoms with van der Waals surface area (Å²) in [4.78, 5) is 110. The first-order valence-electron chi connectivity index (χ1n) is 41.0. The number of aromatic hydroxyl groups is 1. The van der Waals surface area contributed by atoms with E-state index in [2.05, 4.69) is 34.6 Å². The highest BCUT2D eigenvalue weighted by atomic mass is 16.7. The van der Waals surface area contributed by atoms with Crippen molar-refractivity contribution in [3.63, 3.8) is 0 Å². The summed E-state index contributed by atoms with van der Waals surface area (Å²) in [6.45, 7) is 39.2. The third-order valence-corrected chi connectivity index (χ3v) is 26.9. The molecule has 2 aromatic carbocycles. The highest BCUT2D eigenvalue weighted by Gasteiger charge is 2.62. The van der Waals surface area contributed by atoms with Crippen LogP contribution in [0.3, 0.4) is 0 Å². The molecule has 11 unspecified atom stereocenters. The van der Waals surface area contributed by atoms with E-state index in [-0.39, 0.29) is 180 Å². The highest BCUT2D eigenvalue weighted by molar-refractivity contribution is 5.81. The molecule has 9 saturated carbocycles. The van der Waals surface area contributed by atoms with Crippen LogP contribution in [0.4, 0.5) is 4.79 Å². The third-order valence-electron chi connectivity index (χ3n) is 26.9. The number of benzene rings is 2. The van der Waals surface area contributed by atoms with Crippen molar-refractivity contribution in [2.24, 2.45) is 98.1 Å². The summed E-state index contributed by atoms with van der Waals surface area (Å²) in [5.74, 6) is 4.25. The molecule has 15 rings (SSSR count). The Labute approximate surface area is 717 Å². The van der Waals surface area contributed by atoms with Gasteiger partial charge in [-0.15, -0.1) is 0 Å². The van der Waals surface area contributed by atoms with E-state index in [9.17, 15) is 43.2 Å².